The van der Waals surface area contributed by atoms with E-state index in [0.717, 1.165) is 19.4 Å². The van der Waals surface area contributed by atoms with Crippen molar-refractivity contribution in [3.8, 4) is 0 Å². The highest BCUT2D eigenvalue weighted by molar-refractivity contribution is 4.81. The largest absolute Gasteiger partial charge is 0.330 e. The van der Waals surface area contributed by atoms with Crippen LogP contribution in [-0.4, -0.2) is 6.54 Å². The lowest BCUT2D eigenvalue weighted by molar-refractivity contribution is 0.545. The molecule has 0 amide bonds. The Kier molecular flexibility index (Phi) is 18.4. The molecule has 0 rings (SSSR count). The molecule has 0 aromatic carbocycles. The molecule has 0 bridgehead atoms. The van der Waals surface area contributed by atoms with Gasteiger partial charge in [-0.25, -0.2) is 0 Å². The fourth-order valence-corrected chi connectivity index (χ4v) is 2.57. The SMILES string of the molecule is CCCCCCCCCCCCCC/C=C\CCCN. The summed E-state index contributed by atoms with van der Waals surface area (Å²) in [5.74, 6) is 0. The van der Waals surface area contributed by atoms with Crippen LogP contribution in [-0.2, 0) is 0 Å². The van der Waals surface area contributed by atoms with Gasteiger partial charge >= 0.3 is 0 Å². The van der Waals surface area contributed by atoms with Crippen molar-refractivity contribution in [2.24, 2.45) is 5.73 Å². The van der Waals surface area contributed by atoms with E-state index in [9.17, 15) is 0 Å². The first kappa shape index (κ1) is 19.7. The molecule has 1 heteroatoms. The van der Waals surface area contributed by atoms with Crippen molar-refractivity contribution in [2.75, 3.05) is 6.54 Å². The lowest BCUT2D eigenvalue weighted by Crippen LogP contribution is -1.96. The van der Waals surface area contributed by atoms with Crippen LogP contribution in [0.3, 0.4) is 0 Å². The Labute approximate surface area is 128 Å². The van der Waals surface area contributed by atoms with Crippen molar-refractivity contribution in [1.82, 2.24) is 0 Å². The van der Waals surface area contributed by atoms with Crippen molar-refractivity contribution in [3.63, 3.8) is 0 Å². The number of hydrogen-bond acceptors (Lipinski definition) is 1. The summed E-state index contributed by atoms with van der Waals surface area (Å²) in [6.07, 6.45) is 25.4. The van der Waals surface area contributed by atoms with E-state index in [1.807, 2.05) is 0 Å². The molecule has 0 aliphatic carbocycles. The van der Waals surface area contributed by atoms with Gasteiger partial charge in [0.15, 0.2) is 0 Å². The molecule has 0 fully saturated rings. The van der Waals surface area contributed by atoms with Gasteiger partial charge < -0.3 is 5.73 Å². The number of allylic oxidation sites excluding steroid dienone is 2. The maximum absolute atomic E-state index is 5.46. The van der Waals surface area contributed by atoms with Gasteiger partial charge in [0.25, 0.3) is 0 Å². The first-order valence-electron chi connectivity index (χ1n) is 9.27. The molecule has 0 radical (unpaired) electrons. The second-order valence-electron chi connectivity index (χ2n) is 6.08. The van der Waals surface area contributed by atoms with Gasteiger partial charge in [-0.2, -0.15) is 0 Å². The number of unbranched alkanes of at least 4 members (excludes halogenated alkanes) is 13. The molecule has 0 aromatic heterocycles. The molecule has 0 aliphatic heterocycles. The van der Waals surface area contributed by atoms with E-state index in [0.29, 0.717) is 0 Å². The fourth-order valence-electron chi connectivity index (χ4n) is 2.57. The molecule has 0 heterocycles. The topological polar surface area (TPSA) is 26.0 Å². The average molecular weight is 282 g/mol. The monoisotopic (exact) mass is 281 g/mol. The van der Waals surface area contributed by atoms with Crippen LogP contribution in [0.15, 0.2) is 12.2 Å². The van der Waals surface area contributed by atoms with Crippen molar-refractivity contribution < 1.29 is 0 Å². The predicted octanol–water partition coefficient (Wildman–Crippen LogP) is 6.37. The third-order valence-electron chi connectivity index (χ3n) is 3.97. The third-order valence-corrected chi connectivity index (χ3v) is 3.97. The normalized spacial score (nSPS) is 11.5. The van der Waals surface area contributed by atoms with Gasteiger partial charge in [-0.3, -0.25) is 0 Å². The highest BCUT2D eigenvalue weighted by Gasteiger charge is 1.92. The molecule has 0 saturated carbocycles. The van der Waals surface area contributed by atoms with Crippen LogP contribution in [0.1, 0.15) is 103 Å². The molecular formula is C19H39N. The first-order chi connectivity index (χ1) is 9.91. The third kappa shape index (κ3) is 17.7. The Morgan fingerprint density at radius 1 is 0.550 bits per heavy atom. The van der Waals surface area contributed by atoms with E-state index in [1.54, 1.807) is 0 Å². The van der Waals surface area contributed by atoms with Crippen LogP contribution in [0.5, 0.6) is 0 Å². The zero-order valence-electron chi connectivity index (χ0n) is 14.0. The molecular weight excluding hydrogens is 242 g/mol. The smallest absolute Gasteiger partial charge is 0.00743 e. The van der Waals surface area contributed by atoms with Crippen LogP contribution < -0.4 is 5.73 Å². The average Bonchev–Trinajstić information content (AvgIpc) is 2.47. The van der Waals surface area contributed by atoms with Gasteiger partial charge in [-0.1, -0.05) is 89.7 Å². The molecule has 20 heavy (non-hydrogen) atoms. The Bertz CT molecular complexity index is 186. The van der Waals surface area contributed by atoms with Gasteiger partial charge in [0, 0.05) is 0 Å². The molecule has 0 atom stereocenters. The molecule has 0 spiro atoms. The van der Waals surface area contributed by atoms with E-state index in [4.69, 9.17) is 5.73 Å². The maximum Gasteiger partial charge on any atom is -0.00743 e. The van der Waals surface area contributed by atoms with E-state index >= 15 is 0 Å². The lowest BCUT2D eigenvalue weighted by atomic mass is 10.0. The van der Waals surface area contributed by atoms with Gasteiger partial charge in [0.2, 0.25) is 0 Å². The Morgan fingerprint density at radius 2 is 0.950 bits per heavy atom. The van der Waals surface area contributed by atoms with E-state index in [1.165, 1.54) is 83.5 Å². The molecule has 0 aromatic rings. The second kappa shape index (κ2) is 18.7. The van der Waals surface area contributed by atoms with E-state index < -0.39 is 0 Å². The van der Waals surface area contributed by atoms with Gasteiger partial charge in [0.05, 0.1) is 0 Å². The minimum Gasteiger partial charge on any atom is -0.330 e. The summed E-state index contributed by atoms with van der Waals surface area (Å²) in [5, 5.41) is 0. The van der Waals surface area contributed by atoms with Crippen LogP contribution in [0.2, 0.25) is 0 Å². The van der Waals surface area contributed by atoms with Crippen LogP contribution in [0, 0.1) is 0 Å². The van der Waals surface area contributed by atoms with Gasteiger partial charge in [0.1, 0.15) is 0 Å². The van der Waals surface area contributed by atoms with Crippen LogP contribution in [0.25, 0.3) is 0 Å². The van der Waals surface area contributed by atoms with Crippen LogP contribution in [0.4, 0.5) is 0 Å². The predicted molar refractivity (Wildman–Crippen MR) is 93.1 cm³/mol. The summed E-state index contributed by atoms with van der Waals surface area (Å²) in [7, 11) is 0. The molecule has 0 saturated heterocycles. The lowest BCUT2D eigenvalue weighted by Gasteiger charge is -2.02. The zero-order chi connectivity index (χ0) is 14.7. The number of hydrogen-bond donors (Lipinski definition) is 1. The summed E-state index contributed by atoms with van der Waals surface area (Å²) in [6, 6.07) is 0. The van der Waals surface area contributed by atoms with Crippen molar-refractivity contribution in [3.05, 3.63) is 12.2 Å². The molecule has 1 nitrogen and oxygen atoms in total. The van der Waals surface area contributed by atoms with Crippen LogP contribution >= 0.6 is 0 Å². The summed E-state index contributed by atoms with van der Waals surface area (Å²) < 4.78 is 0. The fraction of sp³-hybridized carbons (Fsp3) is 0.895. The summed E-state index contributed by atoms with van der Waals surface area (Å²) >= 11 is 0. The van der Waals surface area contributed by atoms with Crippen molar-refractivity contribution in [2.45, 2.75) is 103 Å². The Balaban J connectivity index is 2.97. The highest BCUT2D eigenvalue weighted by atomic mass is 14.5. The van der Waals surface area contributed by atoms with Crippen molar-refractivity contribution >= 4 is 0 Å². The second-order valence-corrected chi connectivity index (χ2v) is 6.08. The van der Waals surface area contributed by atoms with Crippen molar-refractivity contribution in [1.29, 1.82) is 0 Å². The number of nitrogens with two attached hydrogens (primary N) is 1. The minimum atomic E-state index is 0.822. The number of rotatable bonds is 16. The summed E-state index contributed by atoms with van der Waals surface area (Å²) in [6.45, 7) is 3.11. The Hall–Kier alpha value is -0.300. The molecule has 120 valence electrons. The molecule has 2 N–H and O–H groups in total. The summed E-state index contributed by atoms with van der Waals surface area (Å²) in [4.78, 5) is 0. The standard InChI is InChI=1S/C19H39N/c1-2-3-4-5-6-7-8-9-10-11-12-13-14-15-16-17-18-19-20/h15-16H,2-14,17-20H2,1H3/b16-15-. The quantitative estimate of drug-likeness (QED) is 0.258. The van der Waals surface area contributed by atoms with E-state index in [2.05, 4.69) is 19.1 Å². The zero-order valence-corrected chi connectivity index (χ0v) is 14.0. The highest BCUT2D eigenvalue weighted by Crippen LogP contribution is 2.12. The minimum absolute atomic E-state index is 0.822. The molecule has 0 aliphatic rings. The van der Waals surface area contributed by atoms with Gasteiger partial charge in [-0.15, -0.1) is 0 Å². The molecule has 0 unspecified atom stereocenters. The first-order valence-corrected chi connectivity index (χ1v) is 9.27. The van der Waals surface area contributed by atoms with E-state index in [-0.39, 0.29) is 0 Å². The summed E-state index contributed by atoms with van der Waals surface area (Å²) in [5.41, 5.74) is 5.46. The van der Waals surface area contributed by atoms with Gasteiger partial charge in [-0.05, 0) is 32.2 Å². The maximum atomic E-state index is 5.46. The Morgan fingerprint density at radius 3 is 1.40 bits per heavy atom.